The van der Waals surface area contributed by atoms with E-state index in [4.69, 9.17) is 4.74 Å². The van der Waals surface area contributed by atoms with Gasteiger partial charge in [0.1, 0.15) is 0 Å². The van der Waals surface area contributed by atoms with Crippen LogP contribution in [0, 0.1) is 5.92 Å². The van der Waals surface area contributed by atoms with Crippen molar-refractivity contribution in [1.29, 1.82) is 0 Å². The Morgan fingerprint density at radius 2 is 1.94 bits per heavy atom. The van der Waals surface area contributed by atoms with Gasteiger partial charge in [0.05, 0.1) is 0 Å². The summed E-state index contributed by atoms with van der Waals surface area (Å²) in [7, 11) is 0. The average Bonchev–Trinajstić information content (AvgIpc) is 2.80. The zero-order valence-corrected chi connectivity index (χ0v) is 11.9. The van der Waals surface area contributed by atoms with Crippen LogP contribution in [0.2, 0.25) is 5.32 Å². The molecule has 1 heterocycles. The molecule has 1 aromatic carbocycles. The average molecular weight is 295 g/mol. The molecule has 1 unspecified atom stereocenters. The van der Waals surface area contributed by atoms with E-state index in [-0.39, 0.29) is 0 Å². The normalized spacial score (nSPS) is 32.4. The number of hydrogen-bond donors (Lipinski definition) is 0. The van der Waals surface area contributed by atoms with Gasteiger partial charge in [0.2, 0.25) is 0 Å². The first-order valence-corrected chi connectivity index (χ1v) is 8.82. The third kappa shape index (κ3) is 2.93. The van der Waals surface area contributed by atoms with Crippen molar-refractivity contribution in [3.05, 3.63) is 30.3 Å². The molecular formula is C15H20OSe. The monoisotopic (exact) mass is 296 g/mol. The molecule has 3 atom stereocenters. The van der Waals surface area contributed by atoms with Crippen LogP contribution in [0.15, 0.2) is 30.3 Å². The van der Waals surface area contributed by atoms with E-state index >= 15 is 0 Å². The molecule has 0 bridgehead atoms. The minimum absolute atomic E-state index is 0.559. The van der Waals surface area contributed by atoms with Crippen molar-refractivity contribution >= 4 is 19.4 Å². The van der Waals surface area contributed by atoms with Gasteiger partial charge in [-0.2, -0.15) is 0 Å². The van der Waals surface area contributed by atoms with Gasteiger partial charge in [-0.15, -0.1) is 0 Å². The van der Waals surface area contributed by atoms with Crippen molar-refractivity contribution in [3.63, 3.8) is 0 Å². The number of rotatable bonds is 3. The molecule has 0 aromatic heterocycles. The summed E-state index contributed by atoms with van der Waals surface area (Å²) in [6.07, 6.45) is 8.06. The summed E-state index contributed by atoms with van der Waals surface area (Å²) in [5, 5.41) is 1.27. The van der Waals surface area contributed by atoms with Gasteiger partial charge in [-0.05, 0) is 0 Å². The van der Waals surface area contributed by atoms with Crippen molar-refractivity contribution in [2.75, 3.05) is 0 Å². The van der Waals surface area contributed by atoms with Gasteiger partial charge in [-0.1, -0.05) is 0 Å². The van der Waals surface area contributed by atoms with Gasteiger partial charge in [0, 0.05) is 0 Å². The van der Waals surface area contributed by atoms with Crippen LogP contribution in [0.25, 0.3) is 0 Å². The second-order valence-corrected chi connectivity index (χ2v) is 7.49. The molecule has 17 heavy (non-hydrogen) atoms. The summed E-state index contributed by atoms with van der Waals surface area (Å²) >= 11 is 0.597. The molecule has 1 aliphatic heterocycles. The van der Waals surface area contributed by atoms with E-state index in [9.17, 15) is 0 Å². The predicted octanol–water partition coefficient (Wildman–Crippen LogP) is 2.78. The van der Waals surface area contributed by atoms with Crippen molar-refractivity contribution in [3.8, 4) is 0 Å². The van der Waals surface area contributed by atoms with Gasteiger partial charge in [0.25, 0.3) is 0 Å². The van der Waals surface area contributed by atoms with E-state index in [1.54, 1.807) is 0 Å². The molecule has 0 N–H and O–H groups in total. The van der Waals surface area contributed by atoms with E-state index in [1.807, 2.05) is 0 Å². The zero-order chi connectivity index (χ0) is 11.5. The number of hydrogen-bond acceptors (Lipinski definition) is 1. The van der Waals surface area contributed by atoms with Crippen LogP contribution in [-0.2, 0) is 4.74 Å². The van der Waals surface area contributed by atoms with Gasteiger partial charge in [-0.3, -0.25) is 0 Å². The fourth-order valence-electron chi connectivity index (χ4n) is 3.08. The van der Waals surface area contributed by atoms with Crippen LogP contribution in [0.3, 0.4) is 0 Å². The van der Waals surface area contributed by atoms with E-state index in [1.165, 1.54) is 41.9 Å². The molecule has 0 amide bonds. The summed E-state index contributed by atoms with van der Waals surface area (Å²) < 4.78 is 7.72. The van der Waals surface area contributed by atoms with Crippen LogP contribution in [0.5, 0.6) is 0 Å². The number of ether oxygens (including phenoxy) is 1. The van der Waals surface area contributed by atoms with Crippen molar-refractivity contribution in [1.82, 2.24) is 0 Å². The first-order valence-electron chi connectivity index (χ1n) is 6.75. The summed E-state index contributed by atoms with van der Waals surface area (Å²) in [5.41, 5.74) is 0. The Hall–Kier alpha value is -0.301. The topological polar surface area (TPSA) is 9.23 Å². The van der Waals surface area contributed by atoms with Crippen LogP contribution in [-0.4, -0.2) is 27.2 Å². The van der Waals surface area contributed by atoms with Crippen LogP contribution >= 0.6 is 0 Å². The molecule has 0 radical (unpaired) electrons. The molecule has 1 nitrogen and oxygen atoms in total. The van der Waals surface area contributed by atoms with Crippen molar-refractivity contribution in [2.24, 2.45) is 5.92 Å². The van der Waals surface area contributed by atoms with Crippen LogP contribution < -0.4 is 4.46 Å². The Bertz CT molecular complexity index is 337. The molecule has 2 aliphatic rings. The van der Waals surface area contributed by atoms with Crippen LogP contribution in [0.1, 0.15) is 32.1 Å². The molecule has 0 spiro atoms. The van der Waals surface area contributed by atoms with Gasteiger partial charge >= 0.3 is 110 Å². The summed E-state index contributed by atoms with van der Waals surface area (Å²) in [6.45, 7) is 0. The molecular weight excluding hydrogens is 275 g/mol. The number of fused-ring (bicyclic) bond motifs is 1. The Balaban J connectivity index is 1.50. The molecule has 1 aliphatic carbocycles. The Kier molecular flexibility index (Phi) is 3.85. The zero-order valence-electron chi connectivity index (χ0n) is 10.2. The molecule has 2 fully saturated rings. The number of benzene rings is 1. The molecule has 2 heteroatoms. The van der Waals surface area contributed by atoms with Crippen LogP contribution in [0.4, 0.5) is 0 Å². The van der Waals surface area contributed by atoms with Gasteiger partial charge in [0.15, 0.2) is 0 Å². The van der Waals surface area contributed by atoms with E-state index in [0.29, 0.717) is 27.2 Å². The molecule has 1 saturated carbocycles. The SMILES string of the molecule is c1ccc([Se]CC2C[C@@H]3CCCC[C@@H]3O2)cc1. The summed E-state index contributed by atoms with van der Waals surface area (Å²) in [4.78, 5) is 0. The second-order valence-electron chi connectivity index (χ2n) is 5.20. The van der Waals surface area contributed by atoms with E-state index in [0.717, 1.165) is 5.92 Å². The van der Waals surface area contributed by atoms with Gasteiger partial charge in [-0.25, -0.2) is 0 Å². The fraction of sp³-hybridized carbons (Fsp3) is 0.600. The fourth-order valence-corrected chi connectivity index (χ4v) is 5.05. The Labute approximate surface area is 110 Å². The molecule has 1 saturated heterocycles. The predicted molar refractivity (Wildman–Crippen MR) is 71.9 cm³/mol. The molecule has 92 valence electrons. The first kappa shape index (κ1) is 11.8. The first-order chi connectivity index (χ1) is 8.42. The Morgan fingerprint density at radius 3 is 2.76 bits per heavy atom. The quantitative estimate of drug-likeness (QED) is 0.779. The van der Waals surface area contributed by atoms with E-state index in [2.05, 4.69) is 30.3 Å². The Morgan fingerprint density at radius 1 is 1.12 bits per heavy atom. The summed E-state index contributed by atoms with van der Waals surface area (Å²) in [5.74, 6) is 0.889. The third-order valence-electron chi connectivity index (χ3n) is 3.95. The van der Waals surface area contributed by atoms with Crippen molar-refractivity contribution in [2.45, 2.75) is 49.6 Å². The van der Waals surface area contributed by atoms with Gasteiger partial charge < -0.3 is 0 Å². The molecule has 3 rings (SSSR count). The minimum atomic E-state index is 0.559. The maximum absolute atomic E-state index is 6.20. The standard InChI is InChI=1S/C15H20OSe/c1-2-7-14(8-3-1)17-11-13-10-12-6-4-5-9-15(12)16-13/h1-3,7-8,12-13,15H,4-6,9-11H2/t12-,13?,15-/m0/s1. The third-order valence-corrected chi connectivity index (χ3v) is 6.35. The maximum atomic E-state index is 6.20. The summed E-state index contributed by atoms with van der Waals surface area (Å²) in [6, 6.07) is 10.9. The second kappa shape index (κ2) is 5.56. The van der Waals surface area contributed by atoms with Crippen molar-refractivity contribution < 1.29 is 4.74 Å². The molecule has 1 aromatic rings. The van der Waals surface area contributed by atoms with E-state index < -0.39 is 0 Å².